The number of amides is 1. The Morgan fingerprint density at radius 3 is 2.03 bits per heavy atom. The minimum Gasteiger partial charge on any atom is -0.393 e. The minimum atomic E-state index is -0.560. The highest BCUT2D eigenvalue weighted by Gasteiger charge is 2.32. The topological polar surface area (TPSA) is 83.6 Å². The van der Waals surface area contributed by atoms with Crippen molar-refractivity contribution in [1.82, 2.24) is 0 Å². The minimum absolute atomic E-state index is 0.0225. The monoisotopic (exact) mass is 461 g/mol. The summed E-state index contributed by atoms with van der Waals surface area (Å²) in [6.07, 6.45) is 13.1. The summed E-state index contributed by atoms with van der Waals surface area (Å²) >= 11 is 0. The number of carbonyl (C=O) groups excluding carboxylic acids is 1. The SMILES string of the molecule is C=C/C=C\C(C)C(CC(N)=O)C(C)C(O)C(C)C/C(C)=C\C(C)C(O)C(C)/C=C\C(C)CC. The Morgan fingerprint density at radius 2 is 1.52 bits per heavy atom. The first kappa shape index (κ1) is 31.4. The number of allylic oxidation sites excluding steroid dienone is 5. The lowest BCUT2D eigenvalue weighted by Gasteiger charge is -2.34. The van der Waals surface area contributed by atoms with Crippen molar-refractivity contribution < 1.29 is 15.0 Å². The average Bonchev–Trinajstić information content (AvgIpc) is 2.76. The van der Waals surface area contributed by atoms with Gasteiger partial charge >= 0.3 is 0 Å². The van der Waals surface area contributed by atoms with Crippen LogP contribution < -0.4 is 5.73 Å². The van der Waals surface area contributed by atoms with Gasteiger partial charge in [0.1, 0.15) is 0 Å². The van der Waals surface area contributed by atoms with Gasteiger partial charge in [0.25, 0.3) is 0 Å². The molecule has 0 aliphatic rings. The molecule has 0 fully saturated rings. The number of nitrogens with two attached hydrogens (primary N) is 1. The summed E-state index contributed by atoms with van der Waals surface area (Å²) in [5, 5.41) is 21.8. The maximum absolute atomic E-state index is 11.7. The number of primary amides is 1. The van der Waals surface area contributed by atoms with Crippen LogP contribution in [0.2, 0.25) is 0 Å². The van der Waals surface area contributed by atoms with E-state index in [1.165, 1.54) is 0 Å². The summed E-state index contributed by atoms with van der Waals surface area (Å²) in [6, 6.07) is 0. The number of hydrogen-bond donors (Lipinski definition) is 3. The third kappa shape index (κ3) is 11.9. The summed E-state index contributed by atoms with van der Waals surface area (Å²) in [7, 11) is 0. The van der Waals surface area contributed by atoms with Crippen LogP contribution in [0.1, 0.15) is 74.7 Å². The molecular weight excluding hydrogens is 410 g/mol. The Morgan fingerprint density at radius 1 is 0.909 bits per heavy atom. The second-order valence-electron chi connectivity index (χ2n) is 10.3. The lowest BCUT2D eigenvalue weighted by atomic mass is 9.74. The highest BCUT2D eigenvalue weighted by molar-refractivity contribution is 5.74. The quantitative estimate of drug-likeness (QED) is 0.193. The molecule has 0 saturated carbocycles. The standard InChI is InChI=1S/C29H51NO3/c1-10-12-13-21(5)26(18-27(30)31)25(9)29(33)24(8)17-20(4)16-23(7)28(32)22(6)15-14-19(3)11-2/h10,12-16,19,21-26,28-29,32-33H,1,11,17-18H2,2-9H3,(H2,30,31)/b13-12-,15-14-,20-16-. The molecule has 0 radical (unpaired) electrons. The van der Waals surface area contributed by atoms with Crippen LogP contribution in [0.25, 0.3) is 0 Å². The maximum atomic E-state index is 11.7. The molecule has 0 aliphatic carbocycles. The van der Waals surface area contributed by atoms with E-state index in [2.05, 4.69) is 52.5 Å². The lowest BCUT2D eigenvalue weighted by molar-refractivity contribution is -0.120. The zero-order chi connectivity index (χ0) is 25.7. The van der Waals surface area contributed by atoms with Gasteiger partial charge in [-0.25, -0.2) is 0 Å². The van der Waals surface area contributed by atoms with Crippen molar-refractivity contribution >= 4 is 5.91 Å². The van der Waals surface area contributed by atoms with Crippen molar-refractivity contribution in [3.05, 3.63) is 48.6 Å². The van der Waals surface area contributed by atoms with E-state index >= 15 is 0 Å². The molecule has 9 atom stereocenters. The van der Waals surface area contributed by atoms with Crippen molar-refractivity contribution in [3.63, 3.8) is 0 Å². The normalized spacial score (nSPS) is 21.2. The molecule has 0 heterocycles. The van der Waals surface area contributed by atoms with E-state index in [0.29, 0.717) is 5.92 Å². The van der Waals surface area contributed by atoms with Gasteiger partial charge in [0.05, 0.1) is 12.2 Å². The predicted molar refractivity (Wildman–Crippen MR) is 141 cm³/mol. The summed E-state index contributed by atoms with van der Waals surface area (Å²) in [5.41, 5.74) is 6.66. The molecule has 1 amide bonds. The summed E-state index contributed by atoms with van der Waals surface area (Å²) in [5.74, 6) is 0.276. The molecule has 190 valence electrons. The molecule has 0 aromatic carbocycles. The molecule has 0 bridgehead atoms. The summed E-state index contributed by atoms with van der Waals surface area (Å²) < 4.78 is 0. The molecule has 4 heteroatoms. The smallest absolute Gasteiger partial charge is 0.217 e. The van der Waals surface area contributed by atoms with Gasteiger partial charge in [-0.05, 0) is 42.9 Å². The number of rotatable bonds is 16. The van der Waals surface area contributed by atoms with Gasteiger partial charge < -0.3 is 15.9 Å². The van der Waals surface area contributed by atoms with Gasteiger partial charge in [-0.1, -0.05) is 103 Å². The second-order valence-corrected chi connectivity index (χ2v) is 10.3. The molecule has 4 N–H and O–H groups in total. The van der Waals surface area contributed by atoms with E-state index < -0.39 is 12.2 Å². The highest BCUT2D eigenvalue weighted by atomic mass is 16.3. The van der Waals surface area contributed by atoms with E-state index in [9.17, 15) is 15.0 Å². The van der Waals surface area contributed by atoms with Crippen molar-refractivity contribution in [2.45, 2.75) is 86.9 Å². The Bertz CT molecular complexity index is 666. The van der Waals surface area contributed by atoms with Crippen molar-refractivity contribution in [3.8, 4) is 0 Å². The van der Waals surface area contributed by atoms with E-state index in [4.69, 9.17) is 5.73 Å². The van der Waals surface area contributed by atoms with Gasteiger partial charge in [0, 0.05) is 18.3 Å². The summed E-state index contributed by atoms with van der Waals surface area (Å²) in [4.78, 5) is 11.7. The van der Waals surface area contributed by atoms with E-state index in [-0.39, 0.29) is 47.8 Å². The molecule has 0 aromatic rings. The van der Waals surface area contributed by atoms with Crippen molar-refractivity contribution in [2.75, 3.05) is 0 Å². The van der Waals surface area contributed by atoms with E-state index in [1.807, 2.05) is 39.8 Å². The molecular formula is C29H51NO3. The molecule has 0 spiro atoms. The largest absolute Gasteiger partial charge is 0.393 e. The predicted octanol–water partition coefficient (Wildman–Crippen LogP) is 6.06. The van der Waals surface area contributed by atoms with Gasteiger partial charge in [-0.2, -0.15) is 0 Å². The first-order valence-electron chi connectivity index (χ1n) is 12.6. The fraction of sp³-hybridized carbons (Fsp3) is 0.690. The van der Waals surface area contributed by atoms with E-state index in [1.54, 1.807) is 6.08 Å². The molecule has 4 nitrogen and oxygen atoms in total. The average molecular weight is 462 g/mol. The number of carbonyl (C=O) groups is 1. The van der Waals surface area contributed by atoms with Crippen molar-refractivity contribution in [1.29, 1.82) is 0 Å². The van der Waals surface area contributed by atoms with Crippen LogP contribution in [0.15, 0.2) is 48.6 Å². The Balaban J connectivity index is 5.20. The Kier molecular flexibility index (Phi) is 15.3. The first-order chi connectivity index (χ1) is 15.3. The van der Waals surface area contributed by atoms with Crippen molar-refractivity contribution in [2.24, 2.45) is 47.2 Å². The Labute approximate surface area is 203 Å². The molecule has 0 aromatic heterocycles. The fourth-order valence-corrected chi connectivity index (χ4v) is 4.59. The van der Waals surface area contributed by atoms with Gasteiger partial charge in [0.2, 0.25) is 5.91 Å². The van der Waals surface area contributed by atoms with Crippen LogP contribution in [-0.2, 0) is 4.79 Å². The third-order valence-corrected chi connectivity index (χ3v) is 7.12. The fourth-order valence-electron chi connectivity index (χ4n) is 4.59. The third-order valence-electron chi connectivity index (χ3n) is 7.12. The van der Waals surface area contributed by atoms with Crippen LogP contribution in [-0.4, -0.2) is 28.3 Å². The highest BCUT2D eigenvalue weighted by Crippen LogP contribution is 2.33. The molecule has 9 unspecified atom stereocenters. The molecule has 0 saturated heterocycles. The Hall–Kier alpha value is -1.65. The van der Waals surface area contributed by atoms with Crippen LogP contribution in [0, 0.1) is 41.4 Å². The zero-order valence-electron chi connectivity index (χ0n) is 22.4. The van der Waals surface area contributed by atoms with Crippen LogP contribution in [0.3, 0.4) is 0 Å². The van der Waals surface area contributed by atoms with Crippen LogP contribution >= 0.6 is 0 Å². The molecule has 0 rings (SSSR count). The lowest BCUT2D eigenvalue weighted by Crippen LogP contribution is -2.36. The maximum Gasteiger partial charge on any atom is 0.217 e. The number of aliphatic hydroxyl groups excluding tert-OH is 2. The second kappa shape index (κ2) is 16.1. The number of hydrogen-bond acceptors (Lipinski definition) is 3. The van der Waals surface area contributed by atoms with Crippen LogP contribution in [0.4, 0.5) is 0 Å². The van der Waals surface area contributed by atoms with E-state index in [0.717, 1.165) is 18.4 Å². The van der Waals surface area contributed by atoms with Gasteiger partial charge in [-0.15, -0.1) is 0 Å². The summed E-state index contributed by atoms with van der Waals surface area (Å²) in [6.45, 7) is 20.3. The first-order valence-corrected chi connectivity index (χ1v) is 12.6. The van der Waals surface area contributed by atoms with Crippen LogP contribution in [0.5, 0.6) is 0 Å². The van der Waals surface area contributed by atoms with Gasteiger partial charge in [0.15, 0.2) is 0 Å². The van der Waals surface area contributed by atoms with Gasteiger partial charge in [-0.3, -0.25) is 4.79 Å². The number of aliphatic hydroxyl groups is 2. The zero-order valence-corrected chi connectivity index (χ0v) is 22.4. The molecule has 33 heavy (non-hydrogen) atoms. The molecule has 0 aliphatic heterocycles.